The molecule has 0 fully saturated rings. The summed E-state index contributed by atoms with van der Waals surface area (Å²) < 4.78 is 5.03. The number of ether oxygens (including phenoxy) is 1. The van der Waals surface area contributed by atoms with Gasteiger partial charge in [-0.05, 0) is 33.4 Å². The van der Waals surface area contributed by atoms with Crippen LogP contribution in [-0.2, 0) is 9.53 Å². The molecule has 1 atom stereocenters. The summed E-state index contributed by atoms with van der Waals surface area (Å²) >= 11 is 1.19. The molecular formula is C10H19NO3S. The summed E-state index contributed by atoms with van der Waals surface area (Å²) in [4.78, 5) is 22.6. The molecule has 4 nitrogen and oxygen atoms in total. The molecule has 0 aromatic heterocycles. The number of carbonyl (C=O) groups excluding carboxylic acids is 2. The van der Waals surface area contributed by atoms with Crippen molar-refractivity contribution in [3.8, 4) is 0 Å². The lowest BCUT2D eigenvalue weighted by Gasteiger charge is -2.21. The zero-order valence-corrected chi connectivity index (χ0v) is 10.7. The molecule has 0 aliphatic carbocycles. The predicted octanol–water partition coefficient (Wildman–Crippen LogP) is 2.18. The molecule has 15 heavy (non-hydrogen) atoms. The van der Waals surface area contributed by atoms with E-state index in [0.717, 1.165) is 0 Å². The standard InChI is InChI=1S/C10H19NO3S/c1-6-15-8(12)7(2)11-9(13)14-10(3,4)5/h7H,6H2,1-5H3,(H,11,13). The van der Waals surface area contributed by atoms with Crippen molar-refractivity contribution in [2.75, 3.05) is 5.75 Å². The Kier molecular flexibility index (Phi) is 5.72. The molecule has 0 saturated carbocycles. The minimum atomic E-state index is -0.556. The van der Waals surface area contributed by atoms with Crippen molar-refractivity contribution in [1.29, 1.82) is 0 Å². The van der Waals surface area contributed by atoms with Crippen molar-refractivity contribution >= 4 is 23.0 Å². The molecule has 0 bridgehead atoms. The summed E-state index contributed by atoms with van der Waals surface area (Å²) in [6.45, 7) is 8.87. The van der Waals surface area contributed by atoms with Crippen molar-refractivity contribution in [3.05, 3.63) is 0 Å². The highest BCUT2D eigenvalue weighted by Crippen LogP contribution is 2.08. The van der Waals surface area contributed by atoms with Gasteiger partial charge in [0.25, 0.3) is 0 Å². The van der Waals surface area contributed by atoms with Crippen LogP contribution in [0.15, 0.2) is 0 Å². The van der Waals surface area contributed by atoms with Gasteiger partial charge in [0.15, 0.2) is 0 Å². The first-order valence-electron chi connectivity index (χ1n) is 4.92. The number of nitrogens with one attached hydrogen (secondary N) is 1. The summed E-state index contributed by atoms with van der Waals surface area (Å²) in [5, 5.41) is 2.44. The number of amides is 1. The summed E-state index contributed by atoms with van der Waals surface area (Å²) in [6.07, 6.45) is -0.556. The molecule has 1 unspecified atom stereocenters. The zero-order chi connectivity index (χ0) is 12.1. The summed E-state index contributed by atoms with van der Waals surface area (Å²) in [5.41, 5.74) is -0.537. The SMILES string of the molecule is CCSC(=O)C(C)NC(=O)OC(C)(C)C. The Hall–Kier alpha value is -0.710. The lowest BCUT2D eigenvalue weighted by Crippen LogP contribution is -2.40. The molecule has 0 rings (SSSR count). The smallest absolute Gasteiger partial charge is 0.408 e. The summed E-state index contributed by atoms with van der Waals surface area (Å²) in [7, 11) is 0. The van der Waals surface area contributed by atoms with Crippen LogP contribution in [0.4, 0.5) is 4.79 Å². The van der Waals surface area contributed by atoms with Crippen molar-refractivity contribution in [3.63, 3.8) is 0 Å². The van der Waals surface area contributed by atoms with E-state index in [-0.39, 0.29) is 5.12 Å². The van der Waals surface area contributed by atoms with Gasteiger partial charge in [-0.1, -0.05) is 18.7 Å². The van der Waals surface area contributed by atoms with Crippen molar-refractivity contribution in [1.82, 2.24) is 5.32 Å². The molecule has 0 saturated heterocycles. The average molecular weight is 233 g/mol. The van der Waals surface area contributed by atoms with Crippen LogP contribution in [0.2, 0.25) is 0 Å². The first kappa shape index (κ1) is 14.3. The van der Waals surface area contributed by atoms with Crippen LogP contribution in [0.25, 0.3) is 0 Å². The Morgan fingerprint density at radius 3 is 2.33 bits per heavy atom. The van der Waals surface area contributed by atoms with Crippen LogP contribution in [0.5, 0.6) is 0 Å². The minimum Gasteiger partial charge on any atom is -0.444 e. The first-order valence-corrected chi connectivity index (χ1v) is 5.91. The number of hydrogen-bond donors (Lipinski definition) is 1. The van der Waals surface area contributed by atoms with E-state index in [1.807, 2.05) is 6.92 Å². The summed E-state index contributed by atoms with van der Waals surface area (Å²) in [6, 6.07) is -0.509. The topological polar surface area (TPSA) is 55.4 Å². The van der Waals surface area contributed by atoms with Gasteiger partial charge in [-0.25, -0.2) is 4.79 Å². The normalized spacial score (nSPS) is 13.1. The molecule has 0 aromatic carbocycles. The molecule has 0 aromatic rings. The van der Waals surface area contributed by atoms with Crippen LogP contribution in [0.3, 0.4) is 0 Å². The predicted molar refractivity (Wildman–Crippen MR) is 62.0 cm³/mol. The van der Waals surface area contributed by atoms with Gasteiger partial charge in [-0.15, -0.1) is 0 Å². The Labute approximate surface area is 95.1 Å². The minimum absolute atomic E-state index is 0.0524. The molecule has 0 radical (unpaired) electrons. The quantitative estimate of drug-likeness (QED) is 0.811. The Balaban J connectivity index is 4.02. The molecule has 88 valence electrons. The molecule has 5 heteroatoms. The van der Waals surface area contributed by atoms with E-state index in [1.54, 1.807) is 27.7 Å². The lowest BCUT2D eigenvalue weighted by molar-refractivity contribution is -0.112. The molecule has 0 heterocycles. The molecule has 0 aliphatic rings. The maximum atomic E-state index is 11.3. The highest BCUT2D eigenvalue weighted by Gasteiger charge is 2.20. The zero-order valence-electron chi connectivity index (χ0n) is 9.92. The fourth-order valence-corrected chi connectivity index (χ4v) is 1.40. The third kappa shape index (κ3) is 7.25. The number of hydrogen-bond acceptors (Lipinski definition) is 4. The maximum Gasteiger partial charge on any atom is 0.408 e. The van der Waals surface area contributed by atoms with Crippen LogP contribution in [-0.4, -0.2) is 28.6 Å². The van der Waals surface area contributed by atoms with Crippen LogP contribution >= 0.6 is 11.8 Å². The fraction of sp³-hybridized carbons (Fsp3) is 0.800. The number of alkyl carbamates (subject to hydrolysis) is 1. The molecule has 1 amide bonds. The Morgan fingerprint density at radius 1 is 1.40 bits per heavy atom. The van der Waals surface area contributed by atoms with Gasteiger partial charge in [0.2, 0.25) is 5.12 Å². The van der Waals surface area contributed by atoms with Crippen LogP contribution in [0, 0.1) is 0 Å². The second-order valence-electron chi connectivity index (χ2n) is 4.12. The van der Waals surface area contributed by atoms with Gasteiger partial charge in [-0.2, -0.15) is 0 Å². The third-order valence-corrected chi connectivity index (χ3v) is 2.30. The largest absolute Gasteiger partial charge is 0.444 e. The molecule has 0 aliphatic heterocycles. The third-order valence-electron chi connectivity index (χ3n) is 1.37. The van der Waals surface area contributed by atoms with Crippen LogP contribution < -0.4 is 5.32 Å². The van der Waals surface area contributed by atoms with Gasteiger partial charge in [-0.3, -0.25) is 4.79 Å². The highest BCUT2D eigenvalue weighted by molar-refractivity contribution is 8.13. The van der Waals surface area contributed by atoms with Gasteiger partial charge >= 0.3 is 6.09 Å². The highest BCUT2D eigenvalue weighted by atomic mass is 32.2. The second kappa shape index (κ2) is 6.00. The second-order valence-corrected chi connectivity index (χ2v) is 5.39. The van der Waals surface area contributed by atoms with Gasteiger partial charge < -0.3 is 10.1 Å². The molecular weight excluding hydrogens is 214 g/mol. The van der Waals surface area contributed by atoms with Crippen LogP contribution in [0.1, 0.15) is 34.6 Å². The fourth-order valence-electron chi connectivity index (χ4n) is 0.811. The van der Waals surface area contributed by atoms with Gasteiger partial charge in [0, 0.05) is 0 Å². The van der Waals surface area contributed by atoms with E-state index >= 15 is 0 Å². The average Bonchev–Trinajstić information content (AvgIpc) is 2.00. The number of carbonyl (C=O) groups is 2. The maximum absolute atomic E-state index is 11.3. The lowest BCUT2D eigenvalue weighted by atomic mass is 10.2. The monoisotopic (exact) mass is 233 g/mol. The van der Waals surface area contributed by atoms with Crippen molar-refractivity contribution in [2.45, 2.75) is 46.3 Å². The number of thioether (sulfide) groups is 1. The Bertz CT molecular complexity index is 235. The van der Waals surface area contributed by atoms with E-state index in [4.69, 9.17) is 4.74 Å². The summed E-state index contributed by atoms with van der Waals surface area (Å²) in [5.74, 6) is 0.708. The van der Waals surface area contributed by atoms with E-state index in [2.05, 4.69) is 5.32 Å². The Morgan fingerprint density at radius 2 is 1.93 bits per heavy atom. The van der Waals surface area contributed by atoms with Gasteiger partial charge in [0.1, 0.15) is 5.60 Å². The van der Waals surface area contributed by atoms with Crippen molar-refractivity contribution in [2.24, 2.45) is 0 Å². The molecule has 0 spiro atoms. The van der Waals surface area contributed by atoms with E-state index in [1.165, 1.54) is 11.8 Å². The molecule has 1 N–H and O–H groups in total. The van der Waals surface area contributed by atoms with E-state index < -0.39 is 17.7 Å². The van der Waals surface area contributed by atoms with Gasteiger partial charge in [0.05, 0.1) is 6.04 Å². The van der Waals surface area contributed by atoms with E-state index in [0.29, 0.717) is 5.75 Å². The van der Waals surface area contributed by atoms with E-state index in [9.17, 15) is 9.59 Å². The van der Waals surface area contributed by atoms with Crippen molar-refractivity contribution < 1.29 is 14.3 Å². The first-order chi connectivity index (χ1) is 6.76. The number of rotatable bonds is 3.